The first kappa shape index (κ1) is 13.9. The molecule has 104 valence electrons. The summed E-state index contributed by atoms with van der Waals surface area (Å²) in [5.41, 5.74) is -0.0713. The van der Waals surface area contributed by atoms with E-state index in [-0.39, 0.29) is 5.41 Å². The van der Waals surface area contributed by atoms with E-state index in [2.05, 4.69) is 5.32 Å². The highest BCUT2D eigenvalue weighted by Crippen LogP contribution is 2.42. The molecule has 0 atom stereocenters. The van der Waals surface area contributed by atoms with Crippen LogP contribution in [-0.2, 0) is 4.79 Å². The summed E-state index contributed by atoms with van der Waals surface area (Å²) in [7, 11) is 3.96. The second-order valence-corrected chi connectivity index (χ2v) is 6.35. The first-order chi connectivity index (χ1) is 8.68. The smallest absolute Gasteiger partial charge is 0.229 e. The number of carbonyl (C=O) groups is 1. The maximum absolute atomic E-state index is 12.6. The van der Waals surface area contributed by atoms with Gasteiger partial charge in [0.15, 0.2) is 0 Å². The van der Waals surface area contributed by atoms with Crippen molar-refractivity contribution in [2.24, 2.45) is 11.3 Å². The highest BCUT2D eigenvalue weighted by molar-refractivity contribution is 5.83. The zero-order valence-electron chi connectivity index (χ0n) is 12.0. The monoisotopic (exact) mass is 252 g/mol. The van der Waals surface area contributed by atoms with E-state index in [9.17, 15) is 4.79 Å². The molecule has 2 aliphatic carbocycles. The lowest BCUT2D eigenvalue weighted by atomic mass is 9.67. The lowest BCUT2D eigenvalue weighted by Crippen LogP contribution is -2.52. The van der Waals surface area contributed by atoms with E-state index in [0.717, 1.165) is 31.8 Å². The van der Waals surface area contributed by atoms with Gasteiger partial charge in [-0.15, -0.1) is 0 Å². The Morgan fingerprint density at radius 2 is 1.89 bits per heavy atom. The fraction of sp³-hybridized carbons (Fsp3) is 0.933. The SMILES string of the molecule is CNCC1(C(=O)N(C)CC2CCCCC2)CCC1. The summed E-state index contributed by atoms with van der Waals surface area (Å²) >= 11 is 0. The van der Waals surface area contributed by atoms with E-state index in [1.165, 1.54) is 38.5 Å². The minimum absolute atomic E-state index is 0.0713. The number of amides is 1. The largest absolute Gasteiger partial charge is 0.345 e. The summed E-state index contributed by atoms with van der Waals surface area (Å²) < 4.78 is 0. The van der Waals surface area contributed by atoms with Crippen LogP contribution in [0, 0.1) is 11.3 Å². The van der Waals surface area contributed by atoms with Crippen molar-refractivity contribution in [1.29, 1.82) is 0 Å². The average molecular weight is 252 g/mol. The van der Waals surface area contributed by atoms with E-state index in [1.807, 2.05) is 19.0 Å². The van der Waals surface area contributed by atoms with E-state index in [0.29, 0.717) is 5.91 Å². The Morgan fingerprint density at radius 1 is 1.22 bits per heavy atom. The van der Waals surface area contributed by atoms with Gasteiger partial charge in [0.25, 0.3) is 0 Å². The van der Waals surface area contributed by atoms with Crippen LogP contribution in [0.5, 0.6) is 0 Å². The number of carbonyl (C=O) groups excluding carboxylic acids is 1. The highest BCUT2D eigenvalue weighted by atomic mass is 16.2. The zero-order chi connectivity index (χ0) is 13.0. The third-order valence-corrected chi connectivity index (χ3v) is 4.88. The van der Waals surface area contributed by atoms with Gasteiger partial charge in [0.05, 0.1) is 5.41 Å². The van der Waals surface area contributed by atoms with Gasteiger partial charge in [0.2, 0.25) is 5.91 Å². The van der Waals surface area contributed by atoms with Gasteiger partial charge < -0.3 is 10.2 Å². The predicted octanol–water partition coefficient (Wildman–Crippen LogP) is 2.41. The Morgan fingerprint density at radius 3 is 2.39 bits per heavy atom. The third kappa shape index (κ3) is 2.87. The van der Waals surface area contributed by atoms with Gasteiger partial charge in [0.1, 0.15) is 0 Å². The molecule has 0 unspecified atom stereocenters. The van der Waals surface area contributed by atoms with E-state index in [4.69, 9.17) is 0 Å². The van der Waals surface area contributed by atoms with Crippen molar-refractivity contribution in [1.82, 2.24) is 10.2 Å². The van der Waals surface area contributed by atoms with Crippen molar-refractivity contribution in [2.45, 2.75) is 51.4 Å². The number of nitrogens with zero attached hydrogens (tertiary/aromatic N) is 1. The molecular formula is C15H28N2O. The minimum atomic E-state index is -0.0713. The Kier molecular flexibility index (Phi) is 4.66. The van der Waals surface area contributed by atoms with Crippen LogP contribution in [0.2, 0.25) is 0 Å². The van der Waals surface area contributed by atoms with Crippen molar-refractivity contribution in [3.63, 3.8) is 0 Å². The summed E-state index contributed by atoms with van der Waals surface area (Å²) in [5.74, 6) is 1.13. The predicted molar refractivity (Wildman–Crippen MR) is 74.4 cm³/mol. The molecule has 0 heterocycles. The van der Waals surface area contributed by atoms with Crippen molar-refractivity contribution < 1.29 is 4.79 Å². The van der Waals surface area contributed by atoms with Crippen molar-refractivity contribution in [2.75, 3.05) is 27.2 Å². The molecule has 1 N–H and O–H groups in total. The van der Waals surface area contributed by atoms with Gasteiger partial charge in [-0.25, -0.2) is 0 Å². The van der Waals surface area contributed by atoms with Crippen LogP contribution >= 0.6 is 0 Å². The van der Waals surface area contributed by atoms with E-state index >= 15 is 0 Å². The Bertz CT molecular complexity index is 280. The summed E-state index contributed by atoms with van der Waals surface area (Å²) in [5, 5.41) is 3.20. The fourth-order valence-electron chi connectivity index (χ4n) is 3.65. The van der Waals surface area contributed by atoms with Crippen LogP contribution in [0.1, 0.15) is 51.4 Å². The molecule has 0 bridgehead atoms. The maximum atomic E-state index is 12.6. The molecule has 0 aromatic rings. The number of hydrogen-bond donors (Lipinski definition) is 1. The van der Waals surface area contributed by atoms with Crippen molar-refractivity contribution >= 4 is 5.91 Å². The molecule has 0 saturated heterocycles. The topological polar surface area (TPSA) is 32.3 Å². The molecule has 3 heteroatoms. The standard InChI is InChI=1S/C15H28N2O/c1-16-12-15(9-6-10-15)14(18)17(2)11-13-7-4-3-5-8-13/h13,16H,3-12H2,1-2H3. The van der Waals surface area contributed by atoms with Crippen LogP contribution in [0.25, 0.3) is 0 Å². The molecule has 0 radical (unpaired) electrons. The van der Waals surface area contributed by atoms with Crippen LogP contribution in [0.4, 0.5) is 0 Å². The van der Waals surface area contributed by atoms with Crippen LogP contribution in [-0.4, -0.2) is 38.0 Å². The van der Waals surface area contributed by atoms with Crippen LogP contribution in [0.15, 0.2) is 0 Å². The normalized spacial score (nSPS) is 23.4. The van der Waals surface area contributed by atoms with Gasteiger partial charge in [-0.1, -0.05) is 25.7 Å². The van der Waals surface area contributed by atoms with Gasteiger partial charge in [-0.05, 0) is 38.6 Å². The molecule has 2 fully saturated rings. The molecule has 2 aliphatic rings. The highest BCUT2D eigenvalue weighted by Gasteiger charge is 2.45. The molecule has 3 nitrogen and oxygen atoms in total. The molecule has 18 heavy (non-hydrogen) atoms. The van der Waals surface area contributed by atoms with Gasteiger partial charge >= 0.3 is 0 Å². The first-order valence-corrected chi connectivity index (χ1v) is 7.58. The molecule has 0 aromatic carbocycles. The second-order valence-electron chi connectivity index (χ2n) is 6.35. The van der Waals surface area contributed by atoms with E-state index in [1.54, 1.807) is 0 Å². The first-order valence-electron chi connectivity index (χ1n) is 7.58. The number of hydrogen-bond acceptors (Lipinski definition) is 2. The Balaban J connectivity index is 1.87. The molecular weight excluding hydrogens is 224 g/mol. The summed E-state index contributed by atoms with van der Waals surface area (Å²) in [4.78, 5) is 14.6. The number of nitrogens with one attached hydrogen (secondary N) is 1. The fourth-order valence-corrected chi connectivity index (χ4v) is 3.65. The summed E-state index contributed by atoms with van der Waals surface area (Å²) in [6.45, 7) is 1.82. The molecule has 0 aliphatic heterocycles. The van der Waals surface area contributed by atoms with Gasteiger partial charge in [0, 0.05) is 20.1 Å². The lowest BCUT2D eigenvalue weighted by Gasteiger charge is -2.43. The van der Waals surface area contributed by atoms with Gasteiger partial charge in [-0.2, -0.15) is 0 Å². The van der Waals surface area contributed by atoms with Crippen LogP contribution in [0.3, 0.4) is 0 Å². The third-order valence-electron chi connectivity index (χ3n) is 4.88. The molecule has 2 rings (SSSR count). The van der Waals surface area contributed by atoms with Crippen molar-refractivity contribution in [3.8, 4) is 0 Å². The number of rotatable bonds is 5. The molecule has 2 saturated carbocycles. The summed E-state index contributed by atoms with van der Waals surface area (Å²) in [6.07, 6.45) is 10.1. The zero-order valence-corrected chi connectivity index (χ0v) is 12.0. The molecule has 0 spiro atoms. The average Bonchev–Trinajstić information content (AvgIpc) is 2.34. The Labute approximate surface area is 111 Å². The second kappa shape index (κ2) is 6.05. The maximum Gasteiger partial charge on any atom is 0.229 e. The van der Waals surface area contributed by atoms with Crippen LogP contribution < -0.4 is 5.32 Å². The Hall–Kier alpha value is -0.570. The van der Waals surface area contributed by atoms with Gasteiger partial charge in [-0.3, -0.25) is 4.79 Å². The van der Waals surface area contributed by atoms with Crippen molar-refractivity contribution in [3.05, 3.63) is 0 Å². The quantitative estimate of drug-likeness (QED) is 0.815. The lowest BCUT2D eigenvalue weighted by molar-refractivity contribution is -0.146. The minimum Gasteiger partial charge on any atom is -0.345 e. The molecule has 1 amide bonds. The summed E-state index contributed by atoms with van der Waals surface area (Å²) in [6, 6.07) is 0. The molecule has 0 aromatic heterocycles. The van der Waals surface area contributed by atoms with E-state index < -0.39 is 0 Å².